The van der Waals surface area contributed by atoms with E-state index in [1.807, 2.05) is 0 Å². The van der Waals surface area contributed by atoms with Crippen molar-refractivity contribution in [2.75, 3.05) is 20.2 Å². The van der Waals surface area contributed by atoms with Crippen LogP contribution in [0.2, 0.25) is 0 Å². The molecule has 0 N–H and O–H groups in total. The zero-order valence-electron chi connectivity index (χ0n) is 15.3. The van der Waals surface area contributed by atoms with Crippen molar-refractivity contribution < 1.29 is 9.53 Å². The topological polar surface area (TPSA) is 53.3 Å². The molecule has 0 radical (unpaired) electrons. The van der Waals surface area contributed by atoms with Crippen molar-refractivity contribution in [1.29, 1.82) is 5.26 Å². The van der Waals surface area contributed by atoms with Crippen LogP contribution in [0, 0.1) is 18.3 Å². The number of ether oxygens (including phenoxy) is 1. The van der Waals surface area contributed by atoms with Crippen molar-refractivity contribution in [2.24, 2.45) is 0 Å². The highest BCUT2D eigenvalue weighted by molar-refractivity contribution is 5.77. The SMILES string of the molecule is Cc1ccc([C@]2(CC(=O)N(C)CCC#N)CCOC(C)(C)C2)cc1. The third-order valence-electron chi connectivity index (χ3n) is 4.98. The summed E-state index contributed by atoms with van der Waals surface area (Å²) >= 11 is 0. The van der Waals surface area contributed by atoms with Crippen LogP contribution in [0.4, 0.5) is 0 Å². The minimum absolute atomic E-state index is 0.100. The lowest BCUT2D eigenvalue weighted by Gasteiger charge is -2.45. The second-order valence-corrected chi connectivity index (χ2v) is 7.58. The molecule has 130 valence electrons. The number of nitriles is 1. The van der Waals surface area contributed by atoms with Gasteiger partial charge in [0.15, 0.2) is 0 Å². The summed E-state index contributed by atoms with van der Waals surface area (Å²) in [6.07, 6.45) is 2.50. The second-order valence-electron chi connectivity index (χ2n) is 7.58. The van der Waals surface area contributed by atoms with E-state index in [-0.39, 0.29) is 16.9 Å². The third kappa shape index (κ3) is 4.36. The fourth-order valence-electron chi connectivity index (χ4n) is 3.65. The van der Waals surface area contributed by atoms with E-state index < -0.39 is 0 Å². The molecule has 0 bridgehead atoms. The van der Waals surface area contributed by atoms with E-state index in [9.17, 15) is 4.79 Å². The number of rotatable bonds is 5. The Bertz CT molecular complexity index is 616. The van der Waals surface area contributed by atoms with Gasteiger partial charge in [-0.3, -0.25) is 4.79 Å². The molecular weight excluding hydrogens is 300 g/mol. The van der Waals surface area contributed by atoms with Gasteiger partial charge in [-0.25, -0.2) is 0 Å². The number of benzene rings is 1. The van der Waals surface area contributed by atoms with Gasteiger partial charge >= 0.3 is 0 Å². The number of amides is 1. The summed E-state index contributed by atoms with van der Waals surface area (Å²) < 4.78 is 5.90. The zero-order valence-corrected chi connectivity index (χ0v) is 15.3. The minimum Gasteiger partial charge on any atom is -0.376 e. The predicted octanol–water partition coefficient (Wildman–Crippen LogP) is 3.58. The van der Waals surface area contributed by atoms with Crippen LogP contribution < -0.4 is 0 Å². The van der Waals surface area contributed by atoms with E-state index >= 15 is 0 Å². The summed E-state index contributed by atoms with van der Waals surface area (Å²) in [6, 6.07) is 10.6. The van der Waals surface area contributed by atoms with Crippen LogP contribution in [0.3, 0.4) is 0 Å². The van der Waals surface area contributed by atoms with Gasteiger partial charge in [-0.15, -0.1) is 0 Å². The molecule has 1 aromatic rings. The average Bonchev–Trinajstić information content (AvgIpc) is 2.52. The molecule has 1 atom stereocenters. The van der Waals surface area contributed by atoms with Gasteiger partial charge in [-0.2, -0.15) is 5.26 Å². The normalized spacial score (nSPS) is 22.6. The molecule has 0 unspecified atom stereocenters. The monoisotopic (exact) mass is 328 g/mol. The molecule has 1 fully saturated rings. The third-order valence-corrected chi connectivity index (χ3v) is 4.98. The van der Waals surface area contributed by atoms with Crippen LogP contribution in [-0.4, -0.2) is 36.6 Å². The van der Waals surface area contributed by atoms with Crippen LogP contribution in [0.25, 0.3) is 0 Å². The highest BCUT2D eigenvalue weighted by atomic mass is 16.5. The van der Waals surface area contributed by atoms with E-state index in [4.69, 9.17) is 10.00 Å². The molecular formula is C20H28N2O2. The Hall–Kier alpha value is -1.86. The van der Waals surface area contributed by atoms with E-state index in [0.29, 0.717) is 26.0 Å². The molecule has 1 aliphatic heterocycles. The first kappa shape index (κ1) is 18.5. The maximum atomic E-state index is 12.7. The minimum atomic E-state index is -0.241. The molecule has 0 aliphatic carbocycles. The fraction of sp³-hybridized carbons (Fsp3) is 0.600. The van der Waals surface area contributed by atoms with E-state index in [0.717, 1.165) is 12.8 Å². The first-order valence-corrected chi connectivity index (χ1v) is 8.60. The summed E-state index contributed by atoms with van der Waals surface area (Å²) in [6.45, 7) is 7.42. The number of carbonyl (C=O) groups excluding carboxylic acids is 1. The molecule has 0 aromatic heterocycles. The molecule has 0 saturated carbocycles. The summed E-state index contributed by atoms with van der Waals surface area (Å²) in [5.41, 5.74) is 1.99. The van der Waals surface area contributed by atoms with Crippen molar-refractivity contribution in [3.05, 3.63) is 35.4 Å². The molecule has 2 rings (SSSR count). The average molecular weight is 328 g/mol. The Morgan fingerprint density at radius 2 is 2.00 bits per heavy atom. The van der Waals surface area contributed by atoms with Crippen LogP contribution in [0.5, 0.6) is 0 Å². The number of hydrogen-bond acceptors (Lipinski definition) is 3. The van der Waals surface area contributed by atoms with E-state index in [1.165, 1.54) is 11.1 Å². The van der Waals surface area contributed by atoms with Gasteiger partial charge in [0.1, 0.15) is 0 Å². The molecule has 1 heterocycles. The molecule has 0 spiro atoms. The van der Waals surface area contributed by atoms with Crippen molar-refractivity contribution >= 4 is 5.91 Å². The van der Waals surface area contributed by atoms with Crippen molar-refractivity contribution in [3.8, 4) is 6.07 Å². The second kappa shape index (κ2) is 7.36. The first-order chi connectivity index (χ1) is 11.3. The quantitative estimate of drug-likeness (QED) is 0.830. The van der Waals surface area contributed by atoms with Crippen LogP contribution in [0.1, 0.15) is 50.7 Å². The maximum Gasteiger partial charge on any atom is 0.223 e. The van der Waals surface area contributed by atoms with Gasteiger partial charge in [-0.1, -0.05) is 29.8 Å². The van der Waals surface area contributed by atoms with Crippen LogP contribution in [-0.2, 0) is 14.9 Å². The fourth-order valence-corrected chi connectivity index (χ4v) is 3.65. The number of nitrogens with zero attached hydrogens (tertiary/aromatic N) is 2. The van der Waals surface area contributed by atoms with Gasteiger partial charge < -0.3 is 9.64 Å². The van der Waals surface area contributed by atoms with Crippen molar-refractivity contribution in [2.45, 2.75) is 57.5 Å². The number of hydrogen-bond donors (Lipinski definition) is 0. The maximum absolute atomic E-state index is 12.7. The lowest BCUT2D eigenvalue weighted by Crippen LogP contribution is -2.46. The molecule has 4 heteroatoms. The molecule has 4 nitrogen and oxygen atoms in total. The summed E-state index contributed by atoms with van der Waals surface area (Å²) in [5.74, 6) is 0.100. The lowest BCUT2D eigenvalue weighted by molar-refractivity contribution is -0.135. The summed E-state index contributed by atoms with van der Waals surface area (Å²) in [4.78, 5) is 14.4. The lowest BCUT2D eigenvalue weighted by atomic mass is 9.67. The Morgan fingerprint density at radius 3 is 2.58 bits per heavy atom. The largest absolute Gasteiger partial charge is 0.376 e. The highest BCUT2D eigenvalue weighted by Gasteiger charge is 2.43. The Balaban J connectivity index is 2.28. The van der Waals surface area contributed by atoms with Gasteiger partial charge in [0.25, 0.3) is 0 Å². The number of aryl methyl sites for hydroxylation is 1. The summed E-state index contributed by atoms with van der Waals surface area (Å²) in [5, 5.41) is 8.74. The van der Waals surface area contributed by atoms with Crippen LogP contribution >= 0.6 is 0 Å². The molecule has 1 amide bonds. The highest BCUT2D eigenvalue weighted by Crippen LogP contribution is 2.44. The smallest absolute Gasteiger partial charge is 0.223 e. The van der Waals surface area contributed by atoms with Crippen molar-refractivity contribution in [1.82, 2.24) is 4.90 Å². The standard InChI is InChI=1S/C20H28N2O2/c1-16-6-8-17(9-7-16)20(10-13-24-19(2,3)15-20)14-18(23)22(4)12-5-11-21/h6-9H,5,10,12-15H2,1-4H3/t20-/m0/s1. The van der Waals surface area contributed by atoms with Crippen molar-refractivity contribution in [3.63, 3.8) is 0 Å². The van der Waals surface area contributed by atoms with Crippen LogP contribution in [0.15, 0.2) is 24.3 Å². The molecule has 1 aromatic carbocycles. The van der Waals surface area contributed by atoms with Gasteiger partial charge in [0, 0.05) is 32.0 Å². The number of carbonyl (C=O) groups is 1. The molecule has 1 aliphatic rings. The van der Waals surface area contributed by atoms with Gasteiger partial charge in [-0.05, 0) is 39.2 Å². The molecule has 1 saturated heterocycles. The van der Waals surface area contributed by atoms with Gasteiger partial charge in [0.2, 0.25) is 5.91 Å². The predicted molar refractivity (Wildman–Crippen MR) is 94.6 cm³/mol. The Morgan fingerprint density at radius 1 is 1.33 bits per heavy atom. The van der Waals surface area contributed by atoms with E-state index in [2.05, 4.69) is 51.1 Å². The van der Waals surface area contributed by atoms with E-state index in [1.54, 1.807) is 11.9 Å². The Labute approximate surface area is 145 Å². The van der Waals surface area contributed by atoms with Gasteiger partial charge in [0.05, 0.1) is 18.1 Å². The Kier molecular flexibility index (Phi) is 5.66. The zero-order chi connectivity index (χ0) is 17.8. The first-order valence-electron chi connectivity index (χ1n) is 8.60. The molecule has 24 heavy (non-hydrogen) atoms. The summed E-state index contributed by atoms with van der Waals surface area (Å²) in [7, 11) is 1.78.